The highest BCUT2D eigenvalue weighted by atomic mass is 16.5. The molecule has 1 unspecified atom stereocenters. The molecule has 1 atom stereocenters. The molecule has 1 saturated carbocycles. The molecule has 0 radical (unpaired) electrons. The van der Waals surface area contributed by atoms with Crippen molar-refractivity contribution >= 4 is 0 Å². The molecule has 2 nitrogen and oxygen atoms in total. The molecule has 1 aliphatic rings. The number of aliphatic hydroxyl groups is 1. The lowest BCUT2D eigenvalue weighted by Crippen LogP contribution is -2.44. The van der Waals surface area contributed by atoms with Gasteiger partial charge in [-0.15, -0.1) is 6.42 Å². The molecule has 0 bridgehead atoms. The molecule has 0 heterocycles. The molecular weight excluding hydrogens is 152 g/mol. The van der Waals surface area contributed by atoms with E-state index in [0.29, 0.717) is 0 Å². The fraction of sp³-hybridized carbons (Fsp3) is 0.800. The smallest absolute Gasteiger partial charge is 0.143 e. The zero-order chi connectivity index (χ0) is 9.03. The van der Waals surface area contributed by atoms with Gasteiger partial charge in [-0.25, -0.2) is 0 Å². The minimum absolute atomic E-state index is 0.451. The number of aliphatic hydroxyl groups excluding tert-OH is 1. The van der Waals surface area contributed by atoms with E-state index in [1.807, 2.05) is 0 Å². The van der Waals surface area contributed by atoms with E-state index in [1.54, 1.807) is 7.11 Å². The third-order valence-electron chi connectivity index (χ3n) is 2.76. The van der Waals surface area contributed by atoms with Gasteiger partial charge in [-0.3, -0.25) is 0 Å². The Hall–Kier alpha value is -0.520. The highest BCUT2D eigenvalue weighted by molar-refractivity contribution is 5.06. The first-order valence-electron chi connectivity index (χ1n) is 4.44. The summed E-state index contributed by atoms with van der Waals surface area (Å²) in [7, 11) is 1.63. The second kappa shape index (κ2) is 3.93. The van der Waals surface area contributed by atoms with E-state index in [4.69, 9.17) is 11.2 Å². The Balaban J connectivity index is 2.67. The van der Waals surface area contributed by atoms with E-state index in [1.165, 1.54) is 6.42 Å². The zero-order valence-corrected chi connectivity index (χ0v) is 7.55. The molecule has 68 valence electrons. The molecule has 0 spiro atoms. The quantitative estimate of drug-likeness (QED) is 0.630. The fourth-order valence-electron chi connectivity index (χ4n) is 1.89. The van der Waals surface area contributed by atoms with E-state index < -0.39 is 11.7 Å². The van der Waals surface area contributed by atoms with Crippen molar-refractivity contribution in [2.24, 2.45) is 0 Å². The van der Waals surface area contributed by atoms with Gasteiger partial charge in [0.25, 0.3) is 0 Å². The maximum absolute atomic E-state index is 9.57. The third kappa shape index (κ3) is 1.63. The number of rotatable bonds is 2. The Bertz CT molecular complexity index is 175. The van der Waals surface area contributed by atoms with Crippen LogP contribution in [0.1, 0.15) is 32.1 Å². The van der Waals surface area contributed by atoms with Gasteiger partial charge in [0, 0.05) is 7.11 Å². The molecule has 1 rings (SSSR count). The molecule has 0 aliphatic heterocycles. The van der Waals surface area contributed by atoms with Crippen molar-refractivity contribution < 1.29 is 9.84 Å². The molecule has 1 aliphatic carbocycles. The summed E-state index contributed by atoms with van der Waals surface area (Å²) in [6.45, 7) is 0. The van der Waals surface area contributed by atoms with E-state index in [0.717, 1.165) is 25.7 Å². The molecule has 0 amide bonds. The van der Waals surface area contributed by atoms with Gasteiger partial charge in [0.05, 0.1) is 0 Å². The number of ether oxygens (including phenoxy) is 1. The molecule has 0 aromatic heterocycles. The summed E-state index contributed by atoms with van der Waals surface area (Å²) in [5.74, 6) is 2.36. The monoisotopic (exact) mass is 168 g/mol. The molecule has 1 fully saturated rings. The van der Waals surface area contributed by atoms with Crippen molar-refractivity contribution in [1.29, 1.82) is 0 Å². The predicted octanol–water partition coefficient (Wildman–Crippen LogP) is 1.33. The van der Waals surface area contributed by atoms with Crippen LogP contribution in [0.5, 0.6) is 0 Å². The van der Waals surface area contributed by atoms with Gasteiger partial charge in [0.15, 0.2) is 0 Å². The molecule has 1 N–H and O–H groups in total. The molecular formula is C10H16O2. The Labute approximate surface area is 73.9 Å². The lowest BCUT2D eigenvalue weighted by molar-refractivity contribution is -0.101. The van der Waals surface area contributed by atoms with Crippen LogP contribution in [0.3, 0.4) is 0 Å². The zero-order valence-electron chi connectivity index (χ0n) is 7.55. The van der Waals surface area contributed by atoms with Crippen LogP contribution in [0.25, 0.3) is 0 Å². The fourth-order valence-corrected chi connectivity index (χ4v) is 1.89. The first-order chi connectivity index (χ1) is 5.75. The molecule has 0 saturated heterocycles. The van der Waals surface area contributed by atoms with E-state index in [2.05, 4.69) is 5.92 Å². The van der Waals surface area contributed by atoms with Crippen molar-refractivity contribution in [3.63, 3.8) is 0 Å². The average Bonchev–Trinajstić information content (AvgIpc) is 2.17. The number of terminal acetylenes is 1. The Kier molecular flexibility index (Phi) is 3.13. The van der Waals surface area contributed by atoms with Crippen LogP contribution in [-0.4, -0.2) is 23.9 Å². The highest BCUT2D eigenvalue weighted by Gasteiger charge is 2.38. The van der Waals surface area contributed by atoms with Crippen LogP contribution in [0.2, 0.25) is 0 Å². The standard InChI is InChI=1S/C10H16O2/c1-3-9(11)10(12-2)7-5-4-6-8-10/h1,9,11H,4-8H2,2H3. The predicted molar refractivity (Wildman–Crippen MR) is 47.7 cm³/mol. The Morgan fingerprint density at radius 1 is 1.42 bits per heavy atom. The first kappa shape index (κ1) is 9.57. The summed E-state index contributed by atoms with van der Waals surface area (Å²) in [6, 6.07) is 0. The number of hydrogen-bond donors (Lipinski definition) is 1. The van der Waals surface area contributed by atoms with Gasteiger partial charge in [0.1, 0.15) is 11.7 Å². The van der Waals surface area contributed by atoms with Crippen molar-refractivity contribution in [2.75, 3.05) is 7.11 Å². The van der Waals surface area contributed by atoms with Crippen molar-refractivity contribution in [3.8, 4) is 12.3 Å². The van der Waals surface area contributed by atoms with Crippen molar-refractivity contribution in [1.82, 2.24) is 0 Å². The minimum Gasteiger partial charge on any atom is -0.377 e. The normalized spacial score (nSPS) is 24.4. The van der Waals surface area contributed by atoms with Gasteiger partial charge in [0.2, 0.25) is 0 Å². The largest absolute Gasteiger partial charge is 0.377 e. The van der Waals surface area contributed by atoms with E-state index >= 15 is 0 Å². The first-order valence-corrected chi connectivity index (χ1v) is 4.44. The van der Waals surface area contributed by atoms with Crippen LogP contribution in [-0.2, 0) is 4.74 Å². The SMILES string of the molecule is C#CC(O)C1(OC)CCCCC1. The van der Waals surface area contributed by atoms with Gasteiger partial charge in [-0.2, -0.15) is 0 Å². The summed E-state index contributed by atoms with van der Waals surface area (Å²) in [5, 5.41) is 9.57. The maximum atomic E-state index is 9.57. The summed E-state index contributed by atoms with van der Waals surface area (Å²) >= 11 is 0. The van der Waals surface area contributed by atoms with Crippen molar-refractivity contribution in [3.05, 3.63) is 0 Å². The van der Waals surface area contributed by atoms with Gasteiger partial charge >= 0.3 is 0 Å². The number of methoxy groups -OCH3 is 1. The molecule has 0 aromatic rings. The van der Waals surface area contributed by atoms with Gasteiger partial charge in [-0.1, -0.05) is 25.2 Å². The topological polar surface area (TPSA) is 29.5 Å². The minimum atomic E-state index is -0.747. The molecule has 12 heavy (non-hydrogen) atoms. The summed E-state index contributed by atoms with van der Waals surface area (Å²) < 4.78 is 5.34. The maximum Gasteiger partial charge on any atom is 0.143 e. The van der Waals surface area contributed by atoms with Crippen LogP contribution >= 0.6 is 0 Å². The summed E-state index contributed by atoms with van der Waals surface area (Å²) in [4.78, 5) is 0. The highest BCUT2D eigenvalue weighted by Crippen LogP contribution is 2.33. The number of hydrogen-bond acceptors (Lipinski definition) is 2. The second-order valence-corrected chi connectivity index (χ2v) is 3.40. The van der Waals surface area contributed by atoms with Crippen molar-refractivity contribution in [2.45, 2.75) is 43.8 Å². The molecule has 2 heteroatoms. The lowest BCUT2D eigenvalue weighted by Gasteiger charge is -2.37. The van der Waals surface area contributed by atoms with Gasteiger partial charge < -0.3 is 9.84 Å². The van der Waals surface area contributed by atoms with Crippen LogP contribution in [0.15, 0.2) is 0 Å². The van der Waals surface area contributed by atoms with E-state index in [9.17, 15) is 5.11 Å². The Morgan fingerprint density at radius 2 is 2.00 bits per heavy atom. The van der Waals surface area contributed by atoms with E-state index in [-0.39, 0.29) is 0 Å². The second-order valence-electron chi connectivity index (χ2n) is 3.40. The summed E-state index contributed by atoms with van der Waals surface area (Å²) in [5.41, 5.74) is -0.451. The van der Waals surface area contributed by atoms with Crippen LogP contribution < -0.4 is 0 Å². The molecule has 0 aromatic carbocycles. The third-order valence-corrected chi connectivity index (χ3v) is 2.76. The lowest BCUT2D eigenvalue weighted by atomic mass is 9.81. The Morgan fingerprint density at radius 3 is 2.42 bits per heavy atom. The van der Waals surface area contributed by atoms with Gasteiger partial charge in [-0.05, 0) is 12.8 Å². The average molecular weight is 168 g/mol. The summed E-state index contributed by atoms with van der Waals surface area (Å²) in [6.07, 6.45) is 9.64. The van der Waals surface area contributed by atoms with Crippen LogP contribution in [0.4, 0.5) is 0 Å². The van der Waals surface area contributed by atoms with Crippen LogP contribution in [0, 0.1) is 12.3 Å².